The molecular weight excluding hydrogens is 341 g/mol. The first kappa shape index (κ1) is 21.7. The summed E-state index contributed by atoms with van der Waals surface area (Å²) >= 11 is 1.23. The van der Waals surface area contributed by atoms with Crippen LogP contribution in [0, 0.1) is 5.82 Å². The Morgan fingerprint density at radius 2 is 1.87 bits per heavy atom. The number of amides is 2. The van der Waals surface area contributed by atoms with E-state index in [2.05, 4.69) is 10.6 Å². The Morgan fingerprint density at radius 1 is 1.30 bits per heavy atom. The molecule has 0 aromatic heterocycles. The smallest absolute Gasteiger partial charge is 0.234 e. The van der Waals surface area contributed by atoms with E-state index in [1.807, 2.05) is 13.8 Å². The number of nitrogens with one attached hydrogen (secondary N) is 2. The molecule has 0 aliphatic carbocycles. The highest BCUT2D eigenvalue weighted by molar-refractivity contribution is 8.01. The van der Waals surface area contributed by atoms with Crippen LogP contribution in [0.5, 0.6) is 0 Å². The number of rotatable bonds is 7. The number of hydrogen-bond donors (Lipinski definition) is 3. The average Bonchev–Trinajstić information content (AvgIpc) is 2.46. The third-order valence-electron chi connectivity index (χ3n) is 2.93. The molecule has 0 radical (unpaired) electrons. The highest BCUT2D eigenvalue weighted by atomic mass is 35.5. The van der Waals surface area contributed by atoms with Crippen molar-refractivity contribution in [3.63, 3.8) is 0 Å². The van der Waals surface area contributed by atoms with Gasteiger partial charge in [-0.2, -0.15) is 0 Å². The van der Waals surface area contributed by atoms with Crippen molar-refractivity contribution in [2.45, 2.75) is 31.6 Å². The minimum absolute atomic E-state index is 0. The molecule has 1 unspecified atom stereocenters. The monoisotopic (exact) mass is 363 g/mol. The van der Waals surface area contributed by atoms with Crippen molar-refractivity contribution in [3.05, 3.63) is 30.1 Å². The van der Waals surface area contributed by atoms with E-state index in [4.69, 9.17) is 5.73 Å². The van der Waals surface area contributed by atoms with Crippen molar-refractivity contribution in [1.29, 1.82) is 0 Å². The van der Waals surface area contributed by atoms with Crippen LogP contribution in [0.2, 0.25) is 0 Å². The molecule has 130 valence electrons. The zero-order valence-electron chi connectivity index (χ0n) is 13.4. The number of hydrogen-bond acceptors (Lipinski definition) is 4. The molecule has 0 heterocycles. The van der Waals surface area contributed by atoms with E-state index in [1.165, 1.54) is 36.0 Å². The van der Waals surface area contributed by atoms with Gasteiger partial charge in [-0.15, -0.1) is 24.2 Å². The van der Waals surface area contributed by atoms with Crippen LogP contribution in [0.4, 0.5) is 10.1 Å². The Hall–Kier alpha value is -1.31. The first-order valence-corrected chi connectivity index (χ1v) is 7.97. The molecule has 5 nitrogen and oxygen atoms in total. The van der Waals surface area contributed by atoms with Crippen LogP contribution in [-0.2, 0) is 9.59 Å². The number of anilines is 1. The number of carbonyl (C=O) groups excluding carboxylic acids is 2. The van der Waals surface area contributed by atoms with Crippen LogP contribution in [0.3, 0.4) is 0 Å². The summed E-state index contributed by atoms with van der Waals surface area (Å²) in [6.45, 7) is 5.74. The second-order valence-electron chi connectivity index (χ2n) is 5.59. The Labute approximate surface area is 146 Å². The topological polar surface area (TPSA) is 84.2 Å². The fourth-order valence-corrected chi connectivity index (χ4v) is 2.18. The number of thioether (sulfide) groups is 1. The molecule has 8 heteroatoms. The second-order valence-corrected chi connectivity index (χ2v) is 6.91. The lowest BCUT2D eigenvalue weighted by atomic mass is 10.1. The molecule has 1 rings (SSSR count). The molecule has 1 aromatic carbocycles. The van der Waals surface area contributed by atoms with Gasteiger partial charge in [-0.25, -0.2) is 4.39 Å². The third kappa shape index (κ3) is 8.20. The van der Waals surface area contributed by atoms with Crippen LogP contribution in [0.15, 0.2) is 24.3 Å². The lowest BCUT2D eigenvalue weighted by molar-refractivity contribution is -0.121. The zero-order valence-corrected chi connectivity index (χ0v) is 15.0. The molecule has 0 saturated carbocycles. The average molecular weight is 364 g/mol. The largest absolute Gasteiger partial charge is 0.349 e. The summed E-state index contributed by atoms with van der Waals surface area (Å²) in [5.41, 5.74) is 5.61. The molecule has 0 aliphatic rings. The van der Waals surface area contributed by atoms with E-state index in [0.717, 1.165) is 0 Å². The fraction of sp³-hybridized carbons (Fsp3) is 0.467. The van der Waals surface area contributed by atoms with Gasteiger partial charge in [0.15, 0.2) is 0 Å². The van der Waals surface area contributed by atoms with E-state index in [9.17, 15) is 14.0 Å². The maximum absolute atomic E-state index is 12.8. The standard InChI is InChI=1S/C15H22FN3O2S.ClH/c1-10(14(21)19-15(2,3)9-17)22-8-13(20)18-12-6-4-11(16)5-7-12;/h4-7,10H,8-9,17H2,1-3H3,(H,18,20)(H,19,21);1H. The lowest BCUT2D eigenvalue weighted by Gasteiger charge is -2.26. The summed E-state index contributed by atoms with van der Waals surface area (Å²) in [6, 6.07) is 5.51. The highest BCUT2D eigenvalue weighted by Crippen LogP contribution is 2.14. The summed E-state index contributed by atoms with van der Waals surface area (Å²) in [7, 11) is 0. The van der Waals surface area contributed by atoms with Gasteiger partial charge in [0, 0.05) is 17.8 Å². The van der Waals surface area contributed by atoms with E-state index < -0.39 is 5.54 Å². The van der Waals surface area contributed by atoms with Crippen LogP contribution in [0.1, 0.15) is 20.8 Å². The van der Waals surface area contributed by atoms with Gasteiger partial charge in [-0.1, -0.05) is 0 Å². The van der Waals surface area contributed by atoms with Crippen molar-refractivity contribution in [1.82, 2.24) is 5.32 Å². The maximum Gasteiger partial charge on any atom is 0.234 e. The van der Waals surface area contributed by atoms with Gasteiger partial charge in [0.05, 0.1) is 11.0 Å². The third-order valence-corrected chi connectivity index (χ3v) is 4.08. The number of nitrogens with two attached hydrogens (primary N) is 1. The van der Waals surface area contributed by atoms with Gasteiger partial charge in [0.2, 0.25) is 11.8 Å². The van der Waals surface area contributed by atoms with Crippen molar-refractivity contribution in [2.24, 2.45) is 5.73 Å². The van der Waals surface area contributed by atoms with Crippen molar-refractivity contribution in [3.8, 4) is 0 Å². The molecule has 1 aromatic rings. The summed E-state index contributed by atoms with van der Waals surface area (Å²) in [4.78, 5) is 23.8. The SMILES string of the molecule is CC(SCC(=O)Nc1ccc(F)cc1)C(=O)NC(C)(C)CN.Cl. The Balaban J connectivity index is 0.00000484. The van der Waals surface area contributed by atoms with Gasteiger partial charge in [-0.3, -0.25) is 9.59 Å². The van der Waals surface area contributed by atoms with Gasteiger partial charge in [-0.05, 0) is 45.0 Å². The minimum atomic E-state index is -0.470. The quantitative estimate of drug-likeness (QED) is 0.693. The molecule has 0 aliphatic heterocycles. The van der Waals surface area contributed by atoms with Crippen LogP contribution >= 0.6 is 24.2 Å². The summed E-state index contributed by atoms with van der Waals surface area (Å²) in [6.07, 6.45) is 0. The molecule has 1 atom stereocenters. The first-order chi connectivity index (χ1) is 10.2. The molecule has 0 saturated heterocycles. The molecular formula is C15H23ClFN3O2S. The lowest BCUT2D eigenvalue weighted by Crippen LogP contribution is -2.51. The van der Waals surface area contributed by atoms with Crippen molar-refractivity contribution >= 4 is 41.7 Å². The van der Waals surface area contributed by atoms with E-state index >= 15 is 0 Å². The summed E-state index contributed by atoms with van der Waals surface area (Å²) < 4.78 is 12.8. The van der Waals surface area contributed by atoms with E-state index in [1.54, 1.807) is 6.92 Å². The fourth-order valence-electron chi connectivity index (χ4n) is 1.49. The van der Waals surface area contributed by atoms with E-state index in [0.29, 0.717) is 12.2 Å². The Kier molecular flexibility index (Phi) is 9.19. The number of halogens is 2. The molecule has 0 fully saturated rings. The molecule has 0 bridgehead atoms. The predicted molar refractivity (Wildman–Crippen MR) is 95.5 cm³/mol. The normalized spacial score (nSPS) is 12.0. The van der Waals surface area contributed by atoms with Crippen LogP contribution in [-0.4, -0.2) is 34.9 Å². The minimum Gasteiger partial charge on any atom is -0.349 e. The van der Waals surface area contributed by atoms with Gasteiger partial charge >= 0.3 is 0 Å². The number of carbonyl (C=O) groups is 2. The zero-order chi connectivity index (χ0) is 16.8. The van der Waals surface area contributed by atoms with Crippen molar-refractivity contribution in [2.75, 3.05) is 17.6 Å². The maximum atomic E-state index is 12.8. The number of benzene rings is 1. The molecule has 0 spiro atoms. The van der Waals surface area contributed by atoms with Gasteiger partial charge < -0.3 is 16.4 Å². The van der Waals surface area contributed by atoms with Crippen LogP contribution < -0.4 is 16.4 Å². The van der Waals surface area contributed by atoms with Gasteiger partial charge in [0.25, 0.3) is 0 Å². The Morgan fingerprint density at radius 3 is 2.39 bits per heavy atom. The molecule has 23 heavy (non-hydrogen) atoms. The first-order valence-electron chi connectivity index (χ1n) is 6.92. The van der Waals surface area contributed by atoms with Gasteiger partial charge in [0.1, 0.15) is 5.82 Å². The highest BCUT2D eigenvalue weighted by Gasteiger charge is 2.22. The molecule has 4 N–H and O–H groups in total. The van der Waals surface area contributed by atoms with Crippen molar-refractivity contribution < 1.29 is 14.0 Å². The molecule has 2 amide bonds. The van der Waals surface area contributed by atoms with E-state index in [-0.39, 0.29) is 41.0 Å². The Bertz CT molecular complexity index is 526. The van der Waals surface area contributed by atoms with Crippen LogP contribution in [0.25, 0.3) is 0 Å². The predicted octanol–water partition coefficient (Wildman–Crippen LogP) is 2.16. The summed E-state index contributed by atoms with van der Waals surface area (Å²) in [5, 5.41) is 5.10. The second kappa shape index (κ2) is 9.75. The summed E-state index contributed by atoms with van der Waals surface area (Å²) in [5.74, 6) is -0.626.